The number of halogens is 1. The van der Waals surface area contributed by atoms with Crippen LogP contribution in [-0.2, 0) is 25.7 Å². The van der Waals surface area contributed by atoms with Crippen LogP contribution in [0.4, 0.5) is 0 Å². The molecule has 0 aromatic heterocycles. The lowest BCUT2D eigenvalue weighted by Crippen LogP contribution is -2.32. The molecule has 1 aromatic carbocycles. The van der Waals surface area contributed by atoms with Crippen LogP contribution in [0.5, 0.6) is 0 Å². The van der Waals surface area contributed by atoms with Gasteiger partial charge in [0.15, 0.2) is 6.61 Å². The van der Waals surface area contributed by atoms with E-state index in [2.05, 4.69) is 5.32 Å². The van der Waals surface area contributed by atoms with E-state index in [1.54, 1.807) is 11.0 Å². The predicted octanol–water partition coefficient (Wildman–Crippen LogP) is 1.51. The highest BCUT2D eigenvalue weighted by Crippen LogP contribution is 2.24. The van der Waals surface area contributed by atoms with Crippen LogP contribution in [0, 0.1) is 5.92 Å². The van der Waals surface area contributed by atoms with Crippen molar-refractivity contribution in [2.24, 2.45) is 5.92 Å². The minimum absolute atomic E-state index is 0.105. The second kappa shape index (κ2) is 7.21. The van der Waals surface area contributed by atoms with E-state index in [4.69, 9.17) is 16.3 Å². The van der Waals surface area contributed by atoms with Gasteiger partial charge in [0, 0.05) is 30.6 Å². The lowest BCUT2D eigenvalue weighted by atomic mass is 10.1. The third kappa shape index (κ3) is 4.26. The van der Waals surface area contributed by atoms with Crippen LogP contribution < -0.4 is 5.32 Å². The second-order valence-electron chi connectivity index (χ2n) is 6.22. The summed E-state index contributed by atoms with van der Waals surface area (Å²) in [5.41, 5.74) is 0.838. The van der Waals surface area contributed by atoms with Crippen molar-refractivity contribution in [3.8, 4) is 0 Å². The molecule has 0 spiro atoms. The van der Waals surface area contributed by atoms with Gasteiger partial charge in [-0.3, -0.25) is 14.4 Å². The van der Waals surface area contributed by atoms with Gasteiger partial charge in [0.25, 0.3) is 5.91 Å². The highest BCUT2D eigenvalue weighted by Gasteiger charge is 2.36. The minimum atomic E-state index is -0.534. The van der Waals surface area contributed by atoms with E-state index in [0.29, 0.717) is 11.6 Å². The fraction of sp³-hybridized carbons (Fsp3) is 0.471. The number of hydrogen-bond donors (Lipinski definition) is 1. The Morgan fingerprint density at radius 2 is 2.04 bits per heavy atom. The number of rotatable bonds is 6. The van der Waals surface area contributed by atoms with Gasteiger partial charge in [-0.1, -0.05) is 29.8 Å². The Kier molecular flexibility index (Phi) is 5.04. The maximum atomic E-state index is 12.1. The van der Waals surface area contributed by atoms with E-state index < -0.39 is 11.9 Å². The third-order valence-electron chi connectivity index (χ3n) is 4.15. The van der Waals surface area contributed by atoms with Gasteiger partial charge in [-0.25, -0.2) is 0 Å². The van der Waals surface area contributed by atoms with Crippen LogP contribution >= 0.6 is 11.6 Å². The smallest absolute Gasteiger partial charge is 0.311 e. The highest BCUT2D eigenvalue weighted by atomic mass is 35.5. The molecule has 128 valence electrons. The molecule has 1 saturated carbocycles. The van der Waals surface area contributed by atoms with Crippen molar-refractivity contribution in [1.82, 2.24) is 10.2 Å². The quantitative estimate of drug-likeness (QED) is 0.789. The van der Waals surface area contributed by atoms with Crippen LogP contribution in [0.1, 0.15) is 24.8 Å². The first-order valence-electron chi connectivity index (χ1n) is 8.00. The first-order valence-corrected chi connectivity index (χ1v) is 8.38. The Balaban J connectivity index is 1.49. The first kappa shape index (κ1) is 16.8. The van der Waals surface area contributed by atoms with Gasteiger partial charge in [-0.2, -0.15) is 0 Å². The first-order chi connectivity index (χ1) is 11.5. The summed E-state index contributed by atoms with van der Waals surface area (Å²) in [4.78, 5) is 37.3. The van der Waals surface area contributed by atoms with Gasteiger partial charge in [0.2, 0.25) is 5.91 Å². The van der Waals surface area contributed by atoms with Crippen LogP contribution in [0.25, 0.3) is 0 Å². The number of likely N-dealkylation sites (tertiary alicyclic amines) is 1. The SMILES string of the molecule is O=C(COC(=O)[C@@H]1CC(=O)N(Cc2ccccc2Cl)C1)NC1CC1. The molecule has 0 unspecified atom stereocenters. The van der Waals surface area contributed by atoms with Gasteiger partial charge >= 0.3 is 5.97 Å². The summed E-state index contributed by atoms with van der Waals surface area (Å²) >= 11 is 6.11. The number of nitrogens with zero attached hydrogens (tertiary/aromatic N) is 1. The monoisotopic (exact) mass is 350 g/mol. The molecule has 1 heterocycles. The maximum absolute atomic E-state index is 12.1. The lowest BCUT2D eigenvalue weighted by molar-refractivity contribution is -0.152. The number of benzene rings is 1. The number of hydrogen-bond acceptors (Lipinski definition) is 4. The Morgan fingerprint density at radius 1 is 1.29 bits per heavy atom. The van der Waals surface area contributed by atoms with Gasteiger partial charge in [-0.15, -0.1) is 0 Å². The Labute approximate surface area is 145 Å². The van der Waals surface area contributed by atoms with Crippen LogP contribution in [0.15, 0.2) is 24.3 Å². The zero-order valence-electron chi connectivity index (χ0n) is 13.2. The summed E-state index contributed by atoms with van der Waals surface area (Å²) in [6.45, 7) is 0.363. The molecular formula is C17H19ClN2O4. The van der Waals surface area contributed by atoms with Crippen molar-refractivity contribution >= 4 is 29.4 Å². The second-order valence-corrected chi connectivity index (χ2v) is 6.62. The fourth-order valence-electron chi connectivity index (χ4n) is 2.67. The molecule has 3 rings (SSSR count). The molecule has 1 aliphatic heterocycles. The van der Waals surface area contributed by atoms with Gasteiger partial charge in [0.1, 0.15) is 0 Å². The molecule has 7 heteroatoms. The fourth-order valence-corrected chi connectivity index (χ4v) is 2.86. The summed E-state index contributed by atoms with van der Waals surface area (Å²) < 4.78 is 5.03. The van der Waals surface area contributed by atoms with E-state index in [9.17, 15) is 14.4 Å². The summed E-state index contributed by atoms with van der Waals surface area (Å²) in [7, 11) is 0. The zero-order chi connectivity index (χ0) is 17.1. The molecule has 1 N–H and O–H groups in total. The molecule has 0 radical (unpaired) electrons. The molecule has 1 saturated heterocycles. The number of nitrogens with one attached hydrogen (secondary N) is 1. The number of carbonyl (C=O) groups excluding carboxylic acids is 3. The zero-order valence-corrected chi connectivity index (χ0v) is 13.9. The van der Waals surface area contributed by atoms with E-state index >= 15 is 0 Å². The number of esters is 1. The summed E-state index contributed by atoms with van der Waals surface area (Å²) in [5, 5.41) is 3.34. The van der Waals surface area contributed by atoms with E-state index in [1.807, 2.05) is 18.2 Å². The molecule has 24 heavy (non-hydrogen) atoms. The number of carbonyl (C=O) groups is 3. The van der Waals surface area contributed by atoms with Crippen molar-refractivity contribution < 1.29 is 19.1 Å². The van der Waals surface area contributed by atoms with Crippen LogP contribution in [0.2, 0.25) is 5.02 Å². The van der Waals surface area contributed by atoms with Gasteiger partial charge in [-0.05, 0) is 24.5 Å². The maximum Gasteiger partial charge on any atom is 0.311 e. The van der Waals surface area contributed by atoms with Crippen molar-refractivity contribution in [3.63, 3.8) is 0 Å². The van der Waals surface area contributed by atoms with E-state index in [0.717, 1.165) is 18.4 Å². The predicted molar refractivity (Wildman–Crippen MR) is 87.1 cm³/mol. The molecule has 1 aliphatic carbocycles. The molecule has 1 aromatic rings. The average Bonchev–Trinajstić information content (AvgIpc) is 3.29. The molecular weight excluding hydrogens is 332 g/mol. The van der Waals surface area contributed by atoms with E-state index in [1.165, 1.54) is 0 Å². The Morgan fingerprint density at radius 3 is 2.75 bits per heavy atom. The average molecular weight is 351 g/mol. The minimum Gasteiger partial charge on any atom is -0.455 e. The molecule has 2 fully saturated rings. The Bertz CT molecular complexity index is 660. The summed E-state index contributed by atoms with van der Waals surface area (Å²) in [6, 6.07) is 7.53. The van der Waals surface area contributed by atoms with Crippen molar-refractivity contribution in [2.45, 2.75) is 31.8 Å². The summed E-state index contributed by atoms with van der Waals surface area (Å²) in [6.07, 6.45) is 2.06. The lowest BCUT2D eigenvalue weighted by Gasteiger charge is -2.17. The molecule has 0 bridgehead atoms. The summed E-state index contributed by atoms with van der Waals surface area (Å²) in [5.74, 6) is -1.44. The normalized spacial score (nSPS) is 20.1. The molecule has 2 aliphatic rings. The van der Waals surface area contributed by atoms with Crippen molar-refractivity contribution in [1.29, 1.82) is 0 Å². The van der Waals surface area contributed by atoms with Crippen LogP contribution in [-0.4, -0.2) is 41.9 Å². The molecule has 1 atom stereocenters. The number of ether oxygens (including phenoxy) is 1. The molecule has 2 amide bonds. The highest BCUT2D eigenvalue weighted by molar-refractivity contribution is 6.31. The standard InChI is InChI=1S/C17H19ClN2O4/c18-14-4-2-1-3-11(14)8-20-9-12(7-16(20)22)17(23)24-10-15(21)19-13-5-6-13/h1-4,12-13H,5-10H2,(H,19,21)/t12-/m1/s1. The van der Waals surface area contributed by atoms with Gasteiger partial charge < -0.3 is 15.0 Å². The molecule has 6 nitrogen and oxygen atoms in total. The van der Waals surface area contributed by atoms with Gasteiger partial charge in [0.05, 0.1) is 5.92 Å². The largest absolute Gasteiger partial charge is 0.455 e. The van der Waals surface area contributed by atoms with E-state index in [-0.39, 0.29) is 37.4 Å². The van der Waals surface area contributed by atoms with Crippen molar-refractivity contribution in [3.05, 3.63) is 34.9 Å². The van der Waals surface area contributed by atoms with Crippen molar-refractivity contribution in [2.75, 3.05) is 13.2 Å². The topological polar surface area (TPSA) is 75.7 Å². The third-order valence-corrected chi connectivity index (χ3v) is 4.52. The Hall–Kier alpha value is -2.08. The van der Waals surface area contributed by atoms with Crippen LogP contribution in [0.3, 0.4) is 0 Å². The number of amides is 2.